The molecule has 0 atom stereocenters. The first-order valence-corrected chi connectivity index (χ1v) is 40.4. The Morgan fingerprint density at radius 3 is 1.48 bits per heavy atom. The zero-order valence-corrected chi connectivity index (χ0v) is 62.5. The summed E-state index contributed by atoms with van der Waals surface area (Å²) in [5.41, 5.74) is 19.4. The zero-order chi connectivity index (χ0) is 74.1. The van der Waals surface area contributed by atoms with Crippen molar-refractivity contribution in [2.45, 2.75) is 0 Å². The third-order valence-electron chi connectivity index (χ3n) is 24.3. The minimum absolute atomic E-state index is 0.602. The quantitative estimate of drug-likeness (QED) is 0.159. The average molecular weight is 1480 g/mol. The van der Waals surface area contributed by atoms with Crippen LogP contribution in [0, 0.1) is 0 Å². The fraction of sp³-hybridized carbons (Fsp3) is 0. The molecule has 0 bridgehead atoms. The zero-order valence-electron chi connectivity index (χ0n) is 60.9. The van der Waals surface area contributed by atoms with E-state index >= 15 is 0 Å². The molecule has 114 heavy (non-hydrogen) atoms. The first-order valence-electron chi connectivity index (χ1n) is 38.7. The van der Waals surface area contributed by atoms with Crippen molar-refractivity contribution in [3.8, 4) is 56.8 Å². The number of hydrogen-bond donors (Lipinski definition) is 0. The van der Waals surface area contributed by atoms with Gasteiger partial charge in [0.1, 0.15) is 5.69 Å². The topological polar surface area (TPSA) is 71.3 Å². The van der Waals surface area contributed by atoms with Crippen LogP contribution in [0.2, 0.25) is 0 Å². The van der Waals surface area contributed by atoms with Crippen LogP contribution in [0.1, 0.15) is 0 Å². The second-order valence-corrected chi connectivity index (χ2v) is 32.5. The maximum absolute atomic E-state index is 6.01. The molecule has 10 heteroatoms. The summed E-state index contributed by atoms with van der Waals surface area (Å²) in [6.07, 6.45) is 0. The molecule has 8 aromatic heterocycles. The van der Waals surface area contributed by atoms with Gasteiger partial charge in [0.25, 0.3) is 0 Å². The summed E-state index contributed by atoms with van der Waals surface area (Å²) in [5.74, 6) is 1.37. The van der Waals surface area contributed by atoms with Crippen molar-refractivity contribution in [2.75, 3.05) is 0 Å². The van der Waals surface area contributed by atoms with E-state index in [2.05, 4.69) is 370 Å². The van der Waals surface area contributed by atoms with Crippen molar-refractivity contribution in [3.05, 3.63) is 352 Å². The number of hydrogen-bond acceptors (Lipinski definition) is 6. The van der Waals surface area contributed by atoms with Gasteiger partial charge in [0, 0.05) is 117 Å². The summed E-state index contributed by atoms with van der Waals surface area (Å²) in [6.45, 7) is 0. The Morgan fingerprint density at radius 1 is 0.211 bits per heavy atom. The lowest BCUT2D eigenvalue weighted by molar-refractivity contribution is 1.01. The molecule has 0 N–H and O–H groups in total. The van der Waals surface area contributed by atoms with Crippen LogP contribution in [-0.4, -0.2) is 38.2 Å². The molecule has 0 saturated carbocycles. The van der Waals surface area contributed by atoms with Crippen molar-refractivity contribution in [1.82, 2.24) is 38.2 Å². The van der Waals surface area contributed by atoms with Crippen LogP contribution in [0.5, 0.6) is 0 Å². The molecule has 526 valence electrons. The minimum Gasteiger partial charge on any atom is -0.309 e. The molecule has 0 amide bonds. The van der Waals surface area contributed by atoms with E-state index in [-0.39, 0.29) is 0 Å². The van der Waals surface area contributed by atoms with Gasteiger partial charge in [0.05, 0.1) is 66.4 Å². The highest BCUT2D eigenvalue weighted by molar-refractivity contribution is 7.26. The van der Waals surface area contributed by atoms with Crippen LogP contribution in [0.25, 0.3) is 249 Å². The van der Waals surface area contributed by atoms with Gasteiger partial charge in [-0.25, -0.2) is 19.9 Å². The SMILES string of the molecule is c1ccc2cc3c(cc2c1)c1ccccc1n3-c1ccc2c3c4ccc(-c5cc(-c6nc(-n7c8cc(-n9c%10ccccc%10c%10ccc%11ccccc%11c%109)ccc8c8c9ccccc9ccc87)nc7ccccc67)c6c(c5)sc5ccccc56)cc4ccc3n(-c3nc4ccccc4nc3-c3cccc4sc5ccccc5c34)c2c1. The summed E-state index contributed by atoms with van der Waals surface area (Å²) >= 11 is 3.66. The Balaban J connectivity index is 0.703. The van der Waals surface area contributed by atoms with Gasteiger partial charge in [-0.15, -0.1) is 22.7 Å². The summed E-state index contributed by atoms with van der Waals surface area (Å²) in [5, 5.41) is 24.6. The van der Waals surface area contributed by atoms with Gasteiger partial charge >= 0.3 is 0 Å². The number of nitrogens with zero attached hydrogens (tertiary/aromatic N) is 8. The van der Waals surface area contributed by atoms with Crippen LogP contribution >= 0.6 is 22.7 Å². The molecule has 0 spiro atoms. The van der Waals surface area contributed by atoms with E-state index in [0.29, 0.717) is 5.95 Å². The maximum atomic E-state index is 6.01. The molecule has 0 aliphatic rings. The van der Waals surface area contributed by atoms with Crippen molar-refractivity contribution in [2.24, 2.45) is 0 Å². The molecule has 18 aromatic carbocycles. The Bertz CT molecular complexity index is 8790. The average Bonchev–Trinajstić information content (AvgIpc) is 1.55. The summed E-state index contributed by atoms with van der Waals surface area (Å²) in [7, 11) is 0. The number of thiophene rings is 2. The molecule has 26 rings (SSSR count). The monoisotopic (exact) mass is 1480 g/mol. The van der Waals surface area contributed by atoms with Crippen LogP contribution in [0.15, 0.2) is 352 Å². The highest BCUT2D eigenvalue weighted by Crippen LogP contribution is 2.50. The maximum Gasteiger partial charge on any atom is 0.235 e. The Morgan fingerprint density at radius 2 is 0.728 bits per heavy atom. The van der Waals surface area contributed by atoms with Gasteiger partial charge in [-0.3, -0.25) is 9.13 Å². The summed E-state index contributed by atoms with van der Waals surface area (Å²) < 4.78 is 14.5. The van der Waals surface area contributed by atoms with Gasteiger partial charge in [-0.05, 0) is 164 Å². The van der Waals surface area contributed by atoms with Gasteiger partial charge in [-0.2, -0.15) is 0 Å². The molecule has 0 radical (unpaired) electrons. The highest BCUT2D eigenvalue weighted by atomic mass is 32.1. The minimum atomic E-state index is 0.602. The Hall–Kier alpha value is -14.7. The molecule has 0 fully saturated rings. The second-order valence-electron chi connectivity index (χ2n) is 30.3. The molecule has 0 aliphatic heterocycles. The standard InChI is InChI=1S/C104H58N8S2/c1-2-23-62-55-89-80(53-61(62)22-1)72-27-9-15-35-85(72)109(89)66-44-48-75-90(57-66)111(103-101(105-83-33-13-14-34-84(83)106-103)79-31-19-39-94-98(79)77-29-10-17-37-92(77)113-94)87-51-43-64-52-63(41-46-69(64)97(75)87)65-54-81(99-78-30-11-18-38-93(78)114-95(99)56-65)100-74-28-7-12-32-82(74)107-104(108-100)112-88-50-42-59-20-3-5-24-68(59)96(88)76-49-45-67(58-91(76)112)110-86-36-16-8-26-71(86)73-47-40-60-21-4-6-25-70(60)102(73)110/h1-58H. The smallest absolute Gasteiger partial charge is 0.235 e. The van der Waals surface area contributed by atoms with Crippen LogP contribution in [0.4, 0.5) is 0 Å². The van der Waals surface area contributed by atoms with E-state index in [1.165, 1.54) is 99.7 Å². The third kappa shape index (κ3) is 8.80. The largest absolute Gasteiger partial charge is 0.309 e. The number of rotatable bonds is 7. The number of aromatic nitrogens is 8. The number of fused-ring (bicyclic) bond motifs is 27. The van der Waals surface area contributed by atoms with Gasteiger partial charge < -0.3 is 9.13 Å². The Labute approximate surface area is 657 Å². The van der Waals surface area contributed by atoms with Crippen LogP contribution in [-0.2, 0) is 0 Å². The normalized spacial score (nSPS) is 12.4. The fourth-order valence-corrected chi connectivity index (χ4v) is 21.6. The van der Waals surface area contributed by atoms with Gasteiger partial charge in [0.15, 0.2) is 5.82 Å². The Kier molecular flexibility index (Phi) is 12.8. The van der Waals surface area contributed by atoms with Crippen molar-refractivity contribution >= 4 is 215 Å². The molecule has 0 unspecified atom stereocenters. The van der Waals surface area contributed by atoms with E-state index in [9.17, 15) is 0 Å². The fourth-order valence-electron chi connectivity index (χ4n) is 19.3. The first kappa shape index (κ1) is 62.1. The molecule has 0 saturated heterocycles. The van der Waals surface area contributed by atoms with Crippen molar-refractivity contribution in [3.63, 3.8) is 0 Å². The molecular weight excluding hydrogens is 1430 g/mol. The highest BCUT2D eigenvalue weighted by Gasteiger charge is 2.28. The van der Waals surface area contributed by atoms with E-state index in [1.54, 1.807) is 0 Å². The van der Waals surface area contributed by atoms with Crippen molar-refractivity contribution < 1.29 is 0 Å². The third-order valence-corrected chi connectivity index (χ3v) is 26.5. The van der Waals surface area contributed by atoms with Crippen molar-refractivity contribution in [1.29, 1.82) is 0 Å². The molecular formula is C104H58N8S2. The summed E-state index contributed by atoms with van der Waals surface area (Å²) in [6, 6.07) is 130. The molecule has 8 heterocycles. The van der Waals surface area contributed by atoms with E-state index in [1.807, 2.05) is 22.7 Å². The lowest BCUT2D eigenvalue weighted by Gasteiger charge is -2.16. The number of benzene rings is 18. The van der Waals surface area contributed by atoms with Crippen LogP contribution in [0.3, 0.4) is 0 Å². The van der Waals surface area contributed by atoms with Crippen LogP contribution < -0.4 is 0 Å². The number of para-hydroxylation sites is 5. The van der Waals surface area contributed by atoms with E-state index in [4.69, 9.17) is 19.9 Å². The lowest BCUT2D eigenvalue weighted by atomic mass is 9.94. The predicted octanol–water partition coefficient (Wildman–Crippen LogP) is 28.3. The van der Waals surface area contributed by atoms with E-state index < -0.39 is 0 Å². The summed E-state index contributed by atoms with van der Waals surface area (Å²) in [4.78, 5) is 23.2. The predicted molar refractivity (Wildman–Crippen MR) is 482 cm³/mol. The second kappa shape index (κ2) is 23.4. The lowest BCUT2D eigenvalue weighted by Crippen LogP contribution is -2.04. The molecule has 0 aliphatic carbocycles. The molecule has 26 aromatic rings. The van der Waals surface area contributed by atoms with Gasteiger partial charge in [0.2, 0.25) is 5.95 Å². The first-order chi connectivity index (χ1) is 56.5. The molecule has 8 nitrogen and oxygen atoms in total. The van der Waals surface area contributed by atoms with E-state index in [0.717, 1.165) is 144 Å². The van der Waals surface area contributed by atoms with Gasteiger partial charge in [-0.1, -0.05) is 237 Å².